The van der Waals surface area contributed by atoms with Crippen LogP contribution in [0.5, 0.6) is 5.75 Å². The number of benzene rings is 1. The second-order valence-corrected chi connectivity index (χ2v) is 5.59. The number of aliphatic carboxylic acids is 1. The van der Waals surface area contributed by atoms with Crippen molar-refractivity contribution in [3.8, 4) is 5.75 Å². The van der Waals surface area contributed by atoms with Crippen LogP contribution in [-0.4, -0.2) is 30.1 Å². The molecule has 20 heavy (non-hydrogen) atoms. The van der Waals surface area contributed by atoms with Crippen LogP contribution in [0, 0.1) is 0 Å². The second kappa shape index (κ2) is 5.92. The summed E-state index contributed by atoms with van der Waals surface area (Å²) >= 11 is 1.50. The number of methoxy groups -OCH3 is 1. The van der Waals surface area contributed by atoms with E-state index >= 15 is 0 Å². The first-order valence-corrected chi connectivity index (χ1v) is 6.90. The predicted molar refractivity (Wildman–Crippen MR) is 77.3 cm³/mol. The number of carbonyl (C=O) groups is 2. The van der Waals surface area contributed by atoms with Crippen molar-refractivity contribution in [3.63, 3.8) is 0 Å². The fraction of sp³-hybridized carbons (Fsp3) is 0.286. The number of ether oxygens (including phenoxy) is 1. The molecule has 0 saturated carbocycles. The number of carboxylic acids is 1. The third-order valence-corrected chi connectivity index (χ3v) is 3.96. The minimum atomic E-state index is -1.04. The minimum absolute atomic E-state index is 0.180. The van der Waals surface area contributed by atoms with E-state index in [0.29, 0.717) is 0 Å². The number of carboxylic acid groups (broad SMARTS) is 1. The average Bonchev–Trinajstić information content (AvgIpc) is 2.78. The Morgan fingerprint density at radius 2 is 2.15 bits per heavy atom. The Bertz CT molecular complexity index is 650. The molecule has 6 heteroatoms. The van der Waals surface area contributed by atoms with E-state index < -0.39 is 12.0 Å². The molecule has 2 N–H and O–H groups in total. The molecule has 0 radical (unpaired) electrons. The highest BCUT2D eigenvalue weighted by atomic mass is 32.1. The number of hydrogen-bond acceptors (Lipinski definition) is 4. The van der Waals surface area contributed by atoms with E-state index in [2.05, 4.69) is 5.32 Å². The van der Waals surface area contributed by atoms with Crippen LogP contribution in [0.25, 0.3) is 10.1 Å². The lowest BCUT2D eigenvalue weighted by molar-refractivity contribution is -0.141. The van der Waals surface area contributed by atoms with Crippen LogP contribution in [0.15, 0.2) is 24.3 Å². The van der Waals surface area contributed by atoms with Gasteiger partial charge in [-0.1, -0.05) is 0 Å². The van der Waals surface area contributed by atoms with E-state index in [4.69, 9.17) is 9.84 Å². The Balaban J connectivity index is 2.10. The maximum atomic E-state index is 11.7. The monoisotopic (exact) mass is 293 g/mol. The lowest BCUT2D eigenvalue weighted by atomic mass is 10.2. The molecule has 0 aliphatic heterocycles. The smallest absolute Gasteiger partial charge is 0.325 e. The van der Waals surface area contributed by atoms with Gasteiger partial charge in [0.15, 0.2) is 0 Å². The molecule has 0 saturated heterocycles. The van der Waals surface area contributed by atoms with Crippen LogP contribution < -0.4 is 10.1 Å². The fourth-order valence-electron chi connectivity index (χ4n) is 1.79. The van der Waals surface area contributed by atoms with Crippen molar-refractivity contribution in [2.24, 2.45) is 0 Å². The summed E-state index contributed by atoms with van der Waals surface area (Å²) in [7, 11) is 1.61. The molecule has 0 aliphatic carbocycles. The number of nitrogens with one attached hydrogen (secondary N) is 1. The zero-order valence-electron chi connectivity index (χ0n) is 11.2. The third kappa shape index (κ3) is 3.27. The van der Waals surface area contributed by atoms with E-state index in [1.807, 2.05) is 24.3 Å². The molecule has 2 aromatic rings. The first-order chi connectivity index (χ1) is 9.49. The maximum absolute atomic E-state index is 11.7. The molecule has 2 rings (SSSR count). The summed E-state index contributed by atoms with van der Waals surface area (Å²) in [5.41, 5.74) is 0. The Morgan fingerprint density at radius 1 is 1.40 bits per heavy atom. The molecule has 5 nitrogen and oxygen atoms in total. The van der Waals surface area contributed by atoms with Crippen molar-refractivity contribution in [1.82, 2.24) is 5.32 Å². The molecule has 1 heterocycles. The molecule has 1 unspecified atom stereocenters. The molecular weight excluding hydrogens is 278 g/mol. The number of thiophene rings is 1. The molecule has 0 bridgehead atoms. The van der Waals surface area contributed by atoms with Crippen molar-refractivity contribution >= 4 is 33.3 Å². The summed E-state index contributed by atoms with van der Waals surface area (Å²) in [6.45, 7) is 1.44. The van der Waals surface area contributed by atoms with Gasteiger partial charge in [-0.05, 0) is 36.6 Å². The van der Waals surface area contributed by atoms with Gasteiger partial charge in [0.2, 0.25) is 5.91 Å². The van der Waals surface area contributed by atoms with E-state index in [1.165, 1.54) is 18.3 Å². The van der Waals surface area contributed by atoms with Crippen LogP contribution >= 0.6 is 11.3 Å². The molecule has 1 amide bonds. The molecule has 1 atom stereocenters. The Hall–Kier alpha value is -2.08. The maximum Gasteiger partial charge on any atom is 0.325 e. The summed E-state index contributed by atoms with van der Waals surface area (Å²) in [6, 6.07) is 6.78. The average molecular weight is 293 g/mol. The third-order valence-electron chi connectivity index (χ3n) is 2.86. The van der Waals surface area contributed by atoms with E-state index in [0.717, 1.165) is 20.7 Å². The SMILES string of the molecule is COc1ccc2cc(CC(=O)NC(C)C(=O)O)sc2c1. The standard InChI is InChI=1S/C14H15NO4S/c1-8(14(17)18)15-13(16)7-11-5-9-3-4-10(19-2)6-12(9)20-11/h3-6,8H,7H2,1-2H3,(H,15,16)(H,17,18). The van der Waals surface area contributed by atoms with Gasteiger partial charge < -0.3 is 15.2 Å². The van der Waals surface area contributed by atoms with E-state index in [-0.39, 0.29) is 12.3 Å². The highest BCUT2D eigenvalue weighted by Gasteiger charge is 2.15. The van der Waals surface area contributed by atoms with Crippen LogP contribution in [0.4, 0.5) is 0 Å². The molecule has 1 aromatic carbocycles. The number of amides is 1. The molecule has 106 valence electrons. The first-order valence-electron chi connectivity index (χ1n) is 6.08. The number of rotatable bonds is 5. The number of fused-ring (bicyclic) bond motifs is 1. The lowest BCUT2D eigenvalue weighted by Crippen LogP contribution is -2.39. The van der Waals surface area contributed by atoms with Gasteiger partial charge >= 0.3 is 5.97 Å². The highest BCUT2D eigenvalue weighted by Crippen LogP contribution is 2.29. The topological polar surface area (TPSA) is 75.6 Å². The van der Waals surface area contributed by atoms with Crippen molar-refractivity contribution in [3.05, 3.63) is 29.1 Å². The van der Waals surface area contributed by atoms with Crippen molar-refractivity contribution in [1.29, 1.82) is 0 Å². The largest absolute Gasteiger partial charge is 0.497 e. The molecule has 0 spiro atoms. The van der Waals surface area contributed by atoms with Gasteiger partial charge in [-0.15, -0.1) is 11.3 Å². The van der Waals surface area contributed by atoms with Gasteiger partial charge in [-0.2, -0.15) is 0 Å². The van der Waals surface area contributed by atoms with Gasteiger partial charge in [0, 0.05) is 9.58 Å². The summed E-state index contributed by atoms with van der Waals surface area (Å²) < 4.78 is 6.19. The normalized spacial score (nSPS) is 12.1. The summed E-state index contributed by atoms with van der Waals surface area (Å²) in [6.07, 6.45) is 0.180. The van der Waals surface area contributed by atoms with Crippen molar-refractivity contribution in [2.75, 3.05) is 7.11 Å². The van der Waals surface area contributed by atoms with E-state index in [1.54, 1.807) is 7.11 Å². The van der Waals surface area contributed by atoms with Gasteiger partial charge in [0.1, 0.15) is 11.8 Å². The van der Waals surface area contributed by atoms with Crippen molar-refractivity contribution < 1.29 is 19.4 Å². The van der Waals surface area contributed by atoms with E-state index in [9.17, 15) is 9.59 Å². The summed E-state index contributed by atoms with van der Waals surface area (Å²) in [5.74, 6) is -0.562. The predicted octanol–water partition coefficient (Wildman–Crippen LogP) is 2.04. The van der Waals surface area contributed by atoms with Crippen LogP contribution in [0.2, 0.25) is 0 Å². The molecule has 1 aromatic heterocycles. The minimum Gasteiger partial charge on any atom is -0.497 e. The second-order valence-electron chi connectivity index (χ2n) is 4.42. The van der Waals surface area contributed by atoms with Crippen LogP contribution in [-0.2, 0) is 16.0 Å². The molecule has 0 fully saturated rings. The zero-order chi connectivity index (χ0) is 14.7. The summed E-state index contributed by atoms with van der Waals surface area (Å²) in [4.78, 5) is 23.3. The lowest BCUT2D eigenvalue weighted by Gasteiger charge is -2.07. The zero-order valence-corrected chi connectivity index (χ0v) is 12.0. The Labute approximate surface area is 120 Å². The van der Waals surface area contributed by atoms with Gasteiger partial charge in [-0.3, -0.25) is 9.59 Å². The van der Waals surface area contributed by atoms with Crippen LogP contribution in [0.3, 0.4) is 0 Å². The quantitative estimate of drug-likeness (QED) is 0.884. The number of carbonyl (C=O) groups excluding carboxylic acids is 1. The van der Waals surface area contributed by atoms with Gasteiger partial charge in [0.05, 0.1) is 13.5 Å². The summed E-state index contributed by atoms with van der Waals surface area (Å²) in [5, 5.41) is 12.2. The Morgan fingerprint density at radius 3 is 2.80 bits per heavy atom. The van der Waals surface area contributed by atoms with Gasteiger partial charge in [0.25, 0.3) is 0 Å². The van der Waals surface area contributed by atoms with Crippen molar-refractivity contribution in [2.45, 2.75) is 19.4 Å². The Kier molecular flexibility index (Phi) is 4.24. The fourth-order valence-corrected chi connectivity index (χ4v) is 2.88. The number of hydrogen-bond donors (Lipinski definition) is 2. The van der Waals surface area contributed by atoms with Gasteiger partial charge in [-0.25, -0.2) is 0 Å². The highest BCUT2D eigenvalue weighted by molar-refractivity contribution is 7.19. The molecular formula is C14H15NO4S. The molecule has 0 aliphatic rings. The van der Waals surface area contributed by atoms with Crippen LogP contribution in [0.1, 0.15) is 11.8 Å². The first kappa shape index (κ1) is 14.3.